The van der Waals surface area contributed by atoms with Crippen molar-refractivity contribution in [1.29, 1.82) is 0 Å². The Morgan fingerprint density at radius 2 is 1.93 bits per heavy atom. The summed E-state index contributed by atoms with van der Waals surface area (Å²) in [6, 6.07) is 14.2. The van der Waals surface area contributed by atoms with Crippen LogP contribution in [0, 0.1) is 13.8 Å². The second-order valence-corrected chi connectivity index (χ2v) is 7.40. The number of hydrogen-bond acceptors (Lipinski definition) is 4. The molecule has 28 heavy (non-hydrogen) atoms. The average molecular weight is 383 g/mol. The van der Waals surface area contributed by atoms with Gasteiger partial charge >= 0.3 is 0 Å². The van der Waals surface area contributed by atoms with Gasteiger partial charge < -0.3 is 14.8 Å². The standard InChI is InChI=1S/C23H30N2O3/c1-17-9-10-22(18(2)13-17)28-16-23(26)24-15-21(25-11-4-5-12-25)19-7-6-8-20(14-19)27-3/h6-10,13-14,21H,4-5,11-12,15-16H2,1-3H3,(H,24,26). The molecule has 5 nitrogen and oxygen atoms in total. The predicted octanol–water partition coefficient (Wildman–Crippen LogP) is 3.64. The molecule has 0 saturated carbocycles. The van der Waals surface area contributed by atoms with E-state index in [0.717, 1.165) is 35.7 Å². The third kappa shape index (κ3) is 5.26. The SMILES string of the molecule is COc1cccc(C(CNC(=O)COc2ccc(C)cc2C)N2CCCC2)c1. The third-order valence-corrected chi connectivity index (χ3v) is 5.24. The van der Waals surface area contributed by atoms with E-state index in [0.29, 0.717) is 6.54 Å². The molecule has 150 valence electrons. The molecule has 1 aliphatic rings. The lowest BCUT2D eigenvalue weighted by molar-refractivity contribution is -0.123. The highest BCUT2D eigenvalue weighted by Crippen LogP contribution is 2.27. The van der Waals surface area contributed by atoms with E-state index in [1.807, 2.05) is 38.1 Å². The quantitative estimate of drug-likeness (QED) is 0.757. The molecule has 1 saturated heterocycles. The van der Waals surface area contributed by atoms with Crippen molar-refractivity contribution in [1.82, 2.24) is 10.2 Å². The minimum atomic E-state index is -0.105. The zero-order valence-electron chi connectivity index (χ0n) is 17.0. The fourth-order valence-corrected chi connectivity index (χ4v) is 3.73. The Morgan fingerprint density at radius 3 is 2.64 bits per heavy atom. The number of hydrogen-bond donors (Lipinski definition) is 1. The minimum Gasteiger partial charge on any atom is -0.497 e. The summed E-state index contributed by atoms with van der Waals surface area (Å²) in [5, 5.41) is 3.05. The topological polar surface area (TPSA) is 50.8 Å². The first-order valence-electron chi connectivity index (χ1n) is 9.91. The van der Waals surface area contributed by atoms with Gasteiger partial charge in [0.1, 0.15) is 11.5 Å². The summed E-state index contributed by atoms with van der Waals surface area (Å²) in [6.07, 6.45) is 2.40. The lowest BCUT2D eigenvalue weighted by Gasteiger charge is -2.28. The van der Waals surface area contributed by atoms with Crippen molar-refractivity contribution in [3.8, 4) is 11.5 Å². The molecule has 0 spiro atoms. The maximum Gasteiger partial charge on any atom is 0.258 e. The van der Waals surface area contributed by atoms with E-state index < -0.39 is 0 Å². The van der Waals surface area contributed by atoms with Crippen LogP contribution in [0.3, 0.4) is 0 Å². The van der Waals surface area contributed by atoms with Gasteiger partial charge in [-0.3, -0.25) is 9.69 Å². The van der Waals surface area contributed by atoms with Gasteiger partial charge in [0.2, 0.25) is 0 Å². The molecule has 2 aromatic rings. The zero-order valence-corrected chi connectivity index (χ0v) is 17.0. The van der Waals surface area contributed by atoms with Crippen LogP contribution in [0.15, 0.2) is 42.5 Å². The maximum atomic E-state index is 12.4. The summed E-state index contributed by atoms with van der Waals surface area (Å²) in [5.74, 6) is 1.49. The van der Waals surface area contributed by atoms with Gasteiger partial charge in [-0.25, -0.2) is 0 Å². The number of rotatable bonds is 8. The number of aryl methyl sites for hydroxylation is 2. The first kappa shape index (κ1) is 20.2. The van der Waals surface area contributed by atoms with Crippen LogP contribution in [0.4, 0.5) is 0 Å². The van der Waals surface area contributed by atoms with Crippen LogP contribution in [0.25, 0.3) is 0 Å². The Balaban J connectivity index is 1.60. The summed E-state index contributed by atoms with van der Waals surface area (Å²) in [5.41, 5.74) is 3.39. The van der Waals surface area contributed by atoms with E-state index in [1.165, 1.54) is 18.4 Å². The second-order valence-electron chi connectivity index (χ2n) is 7.40. The van der Waals surface area contributed by atoms with Crippen LogP contribution in [-0.4, -0.2) is 44.2 Å². The Bertz CT molecular complexity index is 800. The highest BCUT2D eigenvalue weighted by Gasteiger charge is 2.24. The van der Waals surface area contributed by atoms with Crippen LogP contribution in [-0.2, 0) is 4.79 Å². The molecule has 1 atom stereocenters. The van der Waals surface area contributed by atoms with Crippen molar-refractivity contribution in [3.05, 3.63) is 59.2 Å². The fourth-order valence-electron chi connectivity index (χ4n) is 3.73. The predicted molar refractivity (Wildman–Crippen MR) is 111 cm³/mol. The van der Waals surface area contributed by atoms with Gasteiger partial charge in [0.25, 0.3) is 5.91 Å². The van der Waals surface area contributed by atoms with Gasteiger partial charge in [0.05, 0.1) is 13.2 Å². The Hall–Kier alpha value is -2.53. The van der Waals surface area contributed by atoms with E-state index in [1.54, 1.807) is 7.11 Å². The molecule has 2 aromatic carbocycles. The third-order valence-electron chi connectivity index (χ3n) is 5.24. The Labute approximate surface area is 167 Å². The first-order chi connectivity index (χ1) is 13.6. The van der Waals surface area contributed by atoms with Crippen LogP contribution >= 0.6 is 0 Å². The number of amides is 1. The first-order valence-corrected chi connectivity index (χ1v) is 9.91. The molecule has 0 radical (unpaired) electrons. The fraction of sp³-hybridized carbons (Fsp3) is 0.435. The Kier molecular flexibility index (Phi) is 6.93. The number of nitrogens with one attached hydrogen (secondary N) is 1. The number of carbonyl (C=O) groups excluding carboxylic acids is 1. The number of likely N-dealkylation sites (tertiary alicyclic amines) is 1. The molecule has 1 amide bonds. The van der Waals surface area contributed by atoms with Gasteiger partial charge in [0, 0.05) is 6.54 Å². The van der Waals surface area contributed by atoms with Gasteiger partial charge in [-0.1, -0.05) is 29.8 Å². The minimum absolute atomic E-state index is 0.0226. The van der Waals surface area contributed by atoms with Gasteiger partial charge in [-0.15, -0.1) is 0 Å². The van der Waals surface area contributed by atoms with Crippen molar-refractivity contribution in [2.24, 2.45) is 0 Å². The van der Waals surface area contributed by atoms with E-state index in [-0.39, 0.29) is 18.6 Å². The van der Waals surface area contributed by atoms with E-state index in [2.05, 4.69) is 28.4 Å². The van der Waals surface area contributed by atoms with Crippen molar-refractivity contribution in [2.45, 2.75) is 32.7 Å². The highest BCUT2D eigenvalue weighted by atomic mass is 16.5. The van der Waals surface area contributed by atoms with E-state index in [9.17, 15) is 4.79 Å². The lowest BCUT2D eigenvalue weighted by atomic mass is 10.0. The van der Waals surface area contributed by atoms with Gasteiger partial charge in [-0.05, 0) is 69.1 Å². The monoisotopic (exact) mass is 382 g/mol. The number of nitrogens with zero attached hydrogens (tertiary/aromatic N) is 1. The molecule has 1 fully saturated rings. The van der Waals surface area contributed by atoms with Crippen LogP contribution in [0.5, 0.6) is 11.5 Å². The largest absolute Gasteiger partial charge is 0.497 e. The van der Waals surface area contributed by atoms with E-state index >= 15 is 0 Å². The van der Waals surface area contributed by atoms with Crippen molar-refractivity contribution >= 4 is 5.91 Å². The smallest absolute Gasteiger partial charge is 0.258 e. The lowest BCUT2D eigenvalue weighted by Crippen LogP contribution is -2.38. The summed E-state index contributed by atoms with van der Waals surface area (Å²) < 4.78 is 11.1. The van der Waals surface area contributed by atoms with Crippen molar-refractivity contribution in [2.75, 3.05) is 33.4 Å². The molecule has 1 aliphatic heterocycles. The van der Waals surface area contributed by atoms with Gasteiger partial charge in [0.15, 0.2) is 6.61 Å². The van der Waals surface area contributed by atoms with Gasteiger partial charge in [-0.2, -0.15) is 0 Å². The molecule has 1 unspecified atom stereocenters. The molecular weight excluding hydrogens is 352 g/mol. The van der Waals surface area contributed by atoms with E-state index in [4.69, 9.17) is 9.47 Å². The van der Waals surface area contributed by atoms with Crippen LogP contribution in [0.2, 0.25) is 0 Å². The van der Waals surface area contributed by atoms with Crippen molar-refractivity contribution in [3.63, 3.8) is 0 Å². The number of ether oxygens (including phenoxy) is 2. The Morgan fingerprint density at radius 1 is 1.14 bits per heavy atom. The summed E-state index contributed by atoms with van der Waals surface area (Å²) >= 11 is 0. The normalized spacial score (nSPS) is 15.2. The number of benzene rings is 2. The number of methoxy groups -OCH3 is 1. The maximum absolute atomic E-state index is 12.4. The molecule has 1 N–H and O–H groups in total. The molecular formula is C23H30N2O3. The molecule has 5 heteroatoms. The molecule has 1 heterocycles. The zero-order chi connectivity index (χ0) is 19.9. The van der Waals surface area contributed by atoms with Crippen LogP contribution in [0.1, 0.15) is 35.6 Å². The molecule has 3 rings (SSSR count). The summed E-state index contributed by atoms with van der Waals surface area (Å²) in [7, 11) is 1.68. The molecule has 0 bridgehead atoms. The number of carbonyl (C=O) groups is 1. The molecule has 0 aromatic heterocycles. The second kappa shape index (κ2) is 9.60. The van der Waals surface area contributed by atoms with Crippen LogP contribution < -0.4 is 14.8 Å². The highest BCUT2D eigenvalue weighted by molar-refractivity contribution is 5.77. The average Bonchev–Trinajstić information content (AvgIpc) is 3.22. The summed E-state index contributed by atoms with van der Waals surface area (Å²) in [4.78, 5) is 14.8. The van der Waals surface area contributed by atoms with Crippen molar-refractivity contribution < 1.29 is 14.3 Å². The molecule has 0 aliphatic carbocycles. The summed E-state index contributed by atoms with van der Waals surface area (Å²) in [6.45, 7) is 6.72.